The molecule has 1 aromatic carbocycles. The molecule has 9 nitrogen and oxygen atoms in total. The number of esters is 2. The average molecular weight is 339 g/mol. The van der Waals surface area contributed by atoms with Crippen molar-refractivity contribution in [3.8, 4) is 0 Å². The van der Waals surface area contributed by atoms with E-state index < -0.39 is 34.7 Å². The van der Waals surface area contributed by atoms with Gasteiger partial charge in [-0.3, -0.25) is 14.9 Å². The molecular weight excluding hydrogens is 322 g/mol. The minimum atomic E-state index is -1.22. The molecule has 0 amide bonds. The lowest BCUT2D eigenvalue weighted by Gasteiger charge is -2.28. The number of benzene rings is 1. The van der Waals surface area contributed by atoms with E-state index in [4.69, 9.17) is 18.9 Å². The van der Waals surface area contributed by atoms with Gasteiger partial charge < -0.3 is 18.9 Å². The van der Waals surface area contributed by atoms with Gasteiger partial charge in [0.25, 0.3) is 5.69 Å². The molecule has 0 aliphatic carbocycles. The lowest BCUT2D eigenvalue weighted by atomic mass is 9.86. The molecule has 1 aliphatic heterocycles. The van der Waals surface area contributed by atoms with Crippen LogP contribution in [0.4, 0.5) is 5.69 Å². The Morgan fingerprint density at radius 1 is 1.29 bits per heavy atom. The van der Waals surface area contributed by atoms with Crippen molar-refractivity contribution in [1.82, 2.24) is 0 Å². The van der Waals surface area contributed by atoms with Crippen LogP contribution in [0.1, 0.15) is 17.3 Å². The van der Waals surface area contributed by atoms with Crippen LogP contribution in [0.25, 0.3) is 0 Å². The number of hydrogen-bond acceptors (Lipinski definition) is 8. The van der Waals surface area contributed by atoms with Crippen molar-refractivity contribution >= 4 is 17.6 Å². The van der Waals surface area contributed by atoms with Gasteiger partial charge in [0.2, 0.25) is 0 Å². The van der Waals surface area contributed by atoms with Gasteiger partial charge in [-0.05, 0) is 19.1 Å². The predicted octanol–water partition coefficient (Wildman–Crippen LogP) is 1.30. The summed E-state index contributed by atoms with van der Waals surface area (Å²) in [6.45, 7) is 1.52. The molecule has 9 heteroatoms. The van der Waals surface area contributed by atoms with E-state index in [0.717, 1.165) is 0 Å². The van der Waals surface area contributed by atoms with Gasteiger partial charge in [-0.1, -0.05) is 0 Å². The van der Waals surface area contributed by atoms with Crippen LogP contribution in [0.15, 0.2) is 24.3 Å². The highest BCUT2D eigenvalue weighted by Gasteiger charge is 2.55. The maximum atomic E-state index is 12.3. The highest BCUT2D eigenvalue weighted by molar-refractivity contribution is 5.90. The number of non-ortho nitro benzene ring substituents is 1. The van der Waals surface area contributed by atoms with Gasteiger partial charge in [-0.2, -0.15) is 0 Å². The smallest absolute Gasteiger partial charge is 0.338 e. The highest BCUT2D eigenvalue weighted by Crippen LogP contribution is 2.37. The topological polar surface area (TPSA) is 114 Å². The van der Waals surface area contributed by atoms with Crippen LogP contribution >= 0.6 is 0 Å². The maximum Gasteiger partial charge on any atom is 0.338 e. The minimum Gasteiger partial charge on any atom is -0.468 e. The van der Waals surface area contributed by atoms with Crippen LogP contribution in [-0.2, 0) is 23.7 Å². The van der Waals surface area contributed by atoms with Crippen LogP contribution in [0.2, 0.25) is 0 Å². The molecule has 0 unspecified atom stereocenters. The zero-order valence-electron chi connectivity index (χ0n) is 13.4. The molecule has 1 heterocycles. The summed E-state index contributed by atoms with van der Waals surface area (Å²) in [5.41, 5.74) is -1.26. The molecule has 2 rings (SSSR count). The normalized spacial score (nSPS) is 26.0. The average Bonchev–Trinajstić information content (AvgIpc) is 2.91. The quantitative estimate of drug-likeness (QED) is 0.448. The van der Waals surface area contributed by atoms with E-state index in [9.17, 15) is 19.7 Å². The number of ether oxygens (including phenoxy) is 4. The molecule has 1 aromatic rings. The van der Waals surface area contributed by atoms with Gasteiger partial charge in [0, 0.05) is 19.2 Å². The Kier molecular flexibility index (Phi) is 5.15. The summed E-state index contributed by atoms with van der Waals surface area (Å²) in [6.07, 6.45) is -1.94. The standard InChI is InChI=1S/C15H17NO8/c1-15(14(18)22-3)8-23-13(21-2)11(15)24-12(17)9-4-6-10(7-5-9)16(19)20/h4-7,11,13H,8H2,1-3H3/t11-,13+,15-/m1/s1. The van der Waals surface area contributed by atoms with Gasteiger partial charge in [0.15, 0.2) is 12.4 Å². The van der Waals surface area contributed by atoms with E-state index >= 15 is 0 Å². The lowest BCUT2D eigenvalue weighted by Crippen LogP contribution is -2.45. The maximum absolute atomic E-state index is 12.3. The summed E-state index contributed by atoms with van der Waals surface area (Å²) >= 11 is 0. The first-order valence-corrected chi connectivity index (χ1v) is 7.01. The van der Waals surface area contributed by atoms with Gasteiger partial charge in [0.05, 0.1) is 24.2 Å². The molecule has 24 heavy (non-hydrogen) atoms. The second kappa shape index (κ2) is 6.93. The molecule has 1 saturated heterocycles. The zero-order valence-corrected chi connectivity index (χ0v) is 13.4. The number of hydrogen-bond donors (Lipinski definition) is 0. The van der Waals surface area contributed by atoms with Crippen molar-refractivity contribution in [2.45, 2.75) is 19.3 Å². The SMILES string of the molecule is COC(=O)[C@]1(C)CO[C@H](OC)[C@H]1OC(=O)c1ccc([N+](=O)[O-])cc1. The number of methoxy groups -OCH3 is 2. The van der Waals surface area contributed by atoms with Crippen molar-refractivity contribution in [3.63, 3.8) is 0 Å². The Morgan fingerprint density at radius 2 is 1.92 bits per heavy atom. The van der Waals surface area contributed by atoms with Crippen LogP contribution < -0.4 is 0 Å². The third-order valence-corrected chi connectivity index (χ3v) is 3.85. The Hall–Kier alpha value is -2.52. The largest absolute Gasteiger partial charge is 0.468 e. The predicted molar refractivity (Wildman–Crippen MR) is 79.2 cm³/mol. The lowest BCUT2D eigenvalue weighted by molar-refractivity contribution is -0.384. The Bertz CT molecular complexity index is 643. The Morgan fingerprint density at radius 3 is 2.42 bits per heavy atom. The molecule has 1 fully saturated rings. The summed E-state index contributed by atoms with van der Waals surface area (Å²) in [5, 5.41) is 10.6. The minimum absolute atomic E-state index is 0.0314. The Balaban J connectivity index is 2.20. The van der Waals surface area contributed by atoms with Crippen molar-refractivity contribution in [1.29, 1.82) is 0 Å². The molecule has 0 saturated carbocycles. The fourth-order valence-electron chi connectivity index (χ4n) is 2.41. The molecule has 0 spiro atoms. The summed E-state index contributed by atoms with van der Waals surface area (Å²) in [7, 11) is 2.59. The van der Waals surface area contributed by atoms with Crippen molar-refractivity contribution in [2.75, 3.05) is 20.8 Å². The molecule has 0 aromatic heterocycles. The van der Waals surface area contributed by atoms with E-state index in [1.165, 1.54) is 38.5 Å². The van der Waals surface area contributed by atoms with Gasteiger partial charge in [0.1, 0.15) is 5.41 Å². The Labute approximate surface area is 137 Å². The zero-order chi connectivity index (χ0) is 17.9. The summed E-state index contributed by atoms with van der Waals surface area (Å²) in [6, 6.07) is 4.92. The summed E-state index contributed by atoms with van der Waals surface area (Å²) in [4.78, 5) is 34.4. The highest BCUT2D eigenvalue weighted by atomic mass is 16.7. The van der Waals surface area contributed by atoms with Crippen molar-refractivity contribution in [3.05, 3.63) is 39.9 Å². The number of nitrogens with zero attached hydrogens (tertiary/aromatic N) is 1. The van der Waals surface area contributed by atoms with E-state index in [1.54, 1.807) is 6.92 Å². The van der Waals surface area contributed by atoms with E-state index in [-0.39, 0.29) is 17.9 Å². The van der Waals surface area contributed by atoms with Crippen LogP contribution in [-0.4, -0.2) is 50.1 Å². The van der Waals surface area contributed by atoms with Crippen molar-refractivity contribution in [2.24, 2.45) is 5.41 Å². The second-order valence-corrected chi connectivity index (χ2v) is 5.45. The van der Waals surface area contributed by atoms with Gasteiger partial charge >= 0.3 is 11.9 Å². The van der Waals surface area contributed by atoms with Crippen LogP contribution in [0, 0.1) is 15.5 Å². The first-order chi connectivity index (χ1) is 11.3. The number of carbonyl (C=O) groups is 2. The fourth-order valence-corrected chi connectivity index (χ4v) is 2.41. The number of nitro groups is 1. The third-order valence-electron chi connectivity index (χ3n) is 3.85. The first-order valence-electron chi connectivity index (χ1n) is 7.01. The van der Waals surface area contributed by atoms with E-state index in [1.807, 2.05) is 0 Å². The first kappa shape index (κ1) is 17.8. The monoisotopic (exact) mass is 339 g/mol. The molecule has 1 aliphatic rings. The third kappa shape index (κ3) is 3.22. The van der Waals surface area contributed by atoms with E-state index in [0.29, 0.717) is 0 Å². The second-order valence-electron chi connectivity index (χ2n) is 5.45. The number of rotatable bonds is 5. The molecule has 3 atom stereocenters. The fraction of sp³-hybridized carbons (Fsp3) is 0.467. The number of nitro benzene ring substituents is 1. The molecule has 130 valence electrons. The molecular formula is C15H17NO8. The van der Waals surface area contributed by atoms with Crippen LogP contribution in [0.5, 0.6) is 0 Å². The summed E-state index contributed by atoms with van der Waals surface area (Å²) in [5.74, 6) is -1.35. The summed E-state index contributed by atoms with van der Waals surface area (Å²) < 4.78 is 20.6. The van der Waals surface area contributed by atoms with E-state index in [2.05, 4.69) is 0 Å². The van der Waals surface area contributed by atoms with Crippen LogP contribution in [0.3, 0.4) is 0 Å². The van der Waals surface area contributed by atoms with Gasteiger partial charge in [-0.15, -0.1) is 0 Å². The molecule has 0 bridgehead atoms. The molecule has 0 N–H and O–H groups in total. The number of carbonyl (C=O) groups excluding carboxylic acids is 2. The van der Waals surface area contributed by atoms with Crippen molar-refractivity contribution < 1.29 is 33.5 Å². The van der Waals surface area contributed by atoms with Gasteiger partial charge in [-0.25, -0.2) is 4.79 Å². The molecule has 0 radical (unpaired) electrons.